The van der Waals surface area contributed by atoms with E-state index in [1.165, 1.54) is 113 Å². The van der Waals surface area contributed by atoms with E-state index in [0.29, 0.717) is 5.92 Å². The number of aryl methyl sites for hydroxylation is 2. The van der Waals surface area contributed by atoms with Crippen LogP contribution in [0.5, 0.6) is 0 Å². The highest BCUT2D eigenvalue weighted by Crippen LogP contribution is 2.42. The van der Waals surface area contributed by atoms with Crippen LogP contribution in [0.4, 0.5) is 4.39 Å². The highest BCUT2D eigenvalue weighted by Gasteiger charge is 2.33. The lowest BCUT2D eigenvalue weighted by atomic mass is 9.72. The van der Waals surface area contributed by atoms with Crippen LogP contribution in [-0.4, -0.2) is 6.17 Å². The molecule has 2 heteroatoms. The Labute approximate surface area is 244 Å². The van der Waals surface area contributed by atoms with Crippen LogP contribution in [0.3, 0.4) is 0 Å². The summed E-state index contributed by atoms with van der Waals surface area (Å²) in [6.07, 6.45) is 24.0. The molecule has 0 saturated heterocycles. The molecule has 3 atom stereocenters. The van der Waals surface area contributed by atoms with Gasteiger partial charge in [0, 0.05) is 10.9 Å². The summed E-state index contributed by atoms with van der Waals surface area (Å²) in [6.45, 7) is 2.30. The molecule has 2 fully saturated rings. The maximum atomic E-state index is 15.6. The number of halogens is 2. The van der Waals surface area contributed by atoms with Crippen LogP contribution in [0.1, 0.15) is 139 Å². The molecular formula is C37H54ClF. The summed E-state index contributed by atoms with van der Waals surface area (Å²) in [6, 6.07) is 16.8. The van der Waals surface area contributed by atoms with Crippen LogP contribution >= 0.6 is 11.6 Å². The third-order valence-corrected chi connectivity index (χ3v) is 10.3. The van der Waals surface area contributed by atoms with E-state index < -0.39 is 6.17 Å². The molecular weight excluding hydrogens is 499 g/mol. The van der Waals surface area contributed by atoms with Crippen molar-refractivity contribution in [2.75, 3.05) is 0 Å². The average molecular weight is 553 g/mol. The molecule has 0 heterocycles. The first-order chi connectivity index (χ1) is 19.1. The van der Waals surface area contributed by atoms with Gasteiger partial charge in [-0.15, -0.1) is 0 Å². The fourth-order valence-electron chi connectivity index (χ4n) is 7.53. The van der Waals surface area contributed by atoms with Gasteiger partial charge in [0.15, 0.2) is 0 Å². The molecule has 2 aromatic rings. The molecule has 4 rings (SSSR count). The zero-order valence-corrected chi connectivity index (χ0v) is 25.5. The fourth-order valence-corrected chi connectivity index (χ4v) is 7.66. The molecule has 2 aliphatic rings. The lowest BCUT2D eigenvalue weighted by Gasteiger charge is -2.34. The van der Waals surface area contributed by atoms with Crippen molar-refractivity contribution in [2.24, 2.45) is 17.8 Å². The monoisotopic (exact) mass is 552 g/mol. The highest BCUT2D eigenvalue weighted by atomic mass is 35.5. The molecule has 3 unspecified atom stereocenters. The van der Waals surface area contributed by atoms with Gasteiger partial charge >= 0.3 is 0 Å². The summed E-state index contributed by atoms with van der Waals surface area (Å²) in [5, 5.41) is 0.780. The van der Waals surface area contributed by atoms with Gasteiger partial charge in [0.1, 0.15) is 6.17 Å². The topological polar surface area (TPSA) is 0 Å². The van der Waals surface area contributed by atoms with Crippen molar-refractivity contribution in [2.45, 2.75) is 141 Å². The van der Waals surface area contributed by atoms with Gasteiger partial charge in [-0.05, 0) is 78.7 Å². The summed E-state index contributed by atoms with van der Waals surface area (Å²) < 4.78 is 15.6. The van der Waals surface area contributed by atoms with Crippen LogP contribution in [0, 0.1) is 17.8 Å². The van der Waals surface area contributed by atoms with Crippen molar-refractivity contribution in [1.29, 1.82) is 0 Å². The maximum absolute atomic E-state index is 15.6. The van der Waals surface area contributed by atoms with Crippen LogP contribution in [-0.2, 0) is 12.8 Å². The van der Waals surface area contributed by atoms with Crippen molar-refractivity contribution in [3.8, 4) is 0 Å². The number of benzene rings is 2. The maximum Gasteiger partial charge on any atom is 0.107 e. The highest BCUT2D eigenvalue weighted by molar-refractivity contribution is 6.30. The predicted octanol–water partition coefficient (Wildman–Crippen LogP) is 12.1. The smallest absolute Gasteiger partial charge is 0.107 e. The number of rotatable bonds is 15. The van der Waals surface area contributed by atoms with Crippen molar-refractivity contribution >= 4 is 11.6 Å². The normalized spacial score (nSPS) is 25.6. The number of alkyl halides is 1. The second kappa shape index (κ2) is 16.8. The quantitative estimate of drug-likeness (QED) is 0.193. The first-order valence-corrected chi connectivity index (χ1v) is 17.0. The lowest BCUT2D eigenvalue weighted by molar-refractivity contribution is 0.152. The van der Waals surface area contributed by atoms with Gasteiger partial charge in [-0.1, -0.05) is 145 Å². The van der Waals surface area contributed by atoms with Gasteiger partial charge in [-0.3, -0.25) is 0 Å². The molecule has 0 bridgehead atoms. The molecule has 0 aliphatic heterocycles. The van der Waals surface area contributed by atoms with Gasteiger partial charge < -0.3 is 0 Å². The summed E-state index contributed by atoms with van der Waals surface area (Å²) in [5.74, 6) is 2.55. The number of hydrogen-bond acceptors (Lipinski definition) is 0. The Bertz CT molecular complexity index is 929. The van der Waals surface area contributed by atoms with E-state index in [4.69, 9.17) is 11.6 Å². The molecule has 0 aromatic heterocycles. The lowest BCUT2D eigenvalue weighted by Crippen LogP contribution is -2.26. The Hall–Kier alpha value is -1.34. The van der Waals surface area contributed by atoms with Crippen LogP contribution in [0.2, 0.25) is 5.02 Å². The molecule has 0 spiro atoms. The first-order valence-electron chi connectivity index (χ1n) is 16.6. The summed E-state index contributed by atoms with van der Waals surface area (Å²) in [4.78, 5) is 0. The van der Waals surface area contributed by atoms with Crippen molar-refractivity contribution in [1.82, 2.24) is 0 Å². The molecule has 39 heavy (non-hydrogen) atoms. The Kier molecular flexibility index (Phi) is 13.2. The van der Waals surface area contributed by atoms with Gasteiger partial charge in [0.2, 0.25) is 0 Å². The standard InChI is InChI=1S/C37H54ClF/c1-2-3-4-5-6-7-8-11-29-14-16-30(17-15-29)18-19-32-23-27-36(37(39)28-32)35-13-10-9-12-33(35)24-20-31-21-25-34(38)26-22-31/h9-10,12-13,21-22,25-26,29-30,32,36-37H,2-8,11,14-20,23-24,27-28H2,1H3/t29-,30-,32?,36?,37?. The van der Waals surface area contributed by atoms with Crippen LogP contribution < -0.4 is 0 Å². The SMILES string of the molecule is CCCCCCCCC[C@H]1CC[C@H](CCC2CCC(c3ccccc3CCc3ccc(Cl)cc3)C(F)C2)CC1. The minimum Gasteiger partial charge on any atom is -0.247 e. The predicted molar refractivity (Wildman–Crippen MR) is 168 cm³/mol. The zero-order valence-electron chi connectivity index (χ0n) is 24.7. The first kappa shape index (κ1) is 30.6. The molecule has 0 nitrogen and oxygen atoms in total. The van der Waals surface area contributed by atoms with Crippen LogP contribution in [0.25, 0.3) is 0 Å². The molecule has 0 amide bonds. The molecule has 2 aromatic carbocycles. The Morgan fingerprint density at radius 2 is 1.28 bits per heavy atom. The molecule has 2 saturated carbocycles. The van der Waals surface area contributed by atoms with E-state index >= 15 is 4.39 Å². The van der Waals surface area contributed by atoms with Gasteiger partial charge in [0.25, 0.3) is 0 Å². The summed E-state index contributed by atoms with van der Waals surface area (Å²) >= 11 is 6.05. The minimum absolute atomic E-state index is 0.0738. The second-order valence-electron chi connectivity index (χ2n) is 13.0. The van der Waals surface area contributed by atoms with Crippen molar-refractivity contribution < 1.29 is 4.39 Å². The van der Waals surface area contributed by atoms with E-state index in [9.17, 15) is 0 Å². The Morgan fingerprint density at radius 3 is 2.00 bits per heavy atom. The number of hydrogen-bond donors (Lipinski definition) is 0. The van der Waals surface area contributed by atoms with Gasteiger partial charge in [0.05, 0.1) is 0 Å². The Morgan fingerprint density at radius 1 is 0.667 bits per heavy atom. The van der Waals surface area contributed by atoms with E-state index in [2.05, 4.69) is 43.3 Å². The molecule has 216 valence electrons. The second-order valence-corrected chi connectivity index (χ2v) is 13.4. The fraction of sp³-hybridized carbons (Fsp3) is 0.676. The van der Waals surface area contributed by atoms with Crippen molar-refractivity contribution in [3.63, 3.8) is 0 Å². The Balaban J connectivity index is 1.14. The van der Waals surface area contributed by atoms with Gasteiger partial charge in [-0.2, -0.15) is 0 Å². The van der Waals surface area contributed by atoms with Crippen molar-refractivity contribution in [3.05, 3.63) is 70.2 Å². The average Bonchev–Trinajstić information content (AvgIpc) is 2.96. The summed E-state index contributed by atoms with van der Waals surface area (Å²) in [5.41, 5.74) is 3.88. The molecule has 2 aliphatic carbocycles. The van der Waals surface area contributed by atoms with E-state index in [1.54, 1.807) is 0 Å². The molecule has 0 N–H and O–H groups in total. The molecule has 0 radical (unpaired) electrons. The largest absolute Gasteiger partial charge is 0.247 e. The number of unbranched alkanes of at least 4 members (excludes halogenated alkanes) is 6. The third kappa shape index (κ3) is 10.2. The van der Waals surface area contributed by atoms with E-state index in [1.807, 2.05) is 12.1 Å². The zero-order chi connectivity index (χ0) is 27.3. The van der Waals surface area contributed by atoms with Crippen LogP contribution in [0.15, 0.2) is 48.5 Å². The van der Waals surface area contributed by atoms with Gasteiger partial charge in [-0.25, -0.2) is 4.39 Å². The third-order valence-electron chi connectivity index (χ3n) is 10.1. The van der Waals surface area contributed by atoms with E-state index in [-0.39, 0.29) is 5.92 Å². The summed E-state index contributed by atoms with van der Waals surface area (Å²) in [7, 11) is 0. The van der Waals surface area contributed by atoms with E-state index in [0.717, 1.165) is 42.5 Å². The minimum atomic E-state index is -0.696.